The predicted molar refractivity (Wildman–Crippen MR) is 82.1 cm³/mol. The van der Waals surface area contributed by atoms with Crippen molar-refractivity contribution in [2.75, 3.05) is 25.6 Å². The standard InChI is InChI=1S/C13H22N4O4S/c1-2-21-13(20)17-10(18)8-4-6-22-12(8)16-11(19)9-3-5-14-7-15-9/h8-9,12,14-15H,2-7H2,1H3,(H,16,19)(H,17,18,20). The number of alkyl carbamates (subject to hydrolysis) is 1. The first-order chi connectivity index (χ1) is 10.6. The number of hydrogen-bond donors (Lipinski definition) is 4. The summed E-state index contributed by atoms with van der Waals surface area (Å²) < 4.78 is 4.70. The summed E-state index contributed by atoms with van der Waals surface area (Å²) in [5.74, 6) is -0.146. The Hall–Kier alpha value is -1.32. The Balaban J connectivity index is 1.85. The maximum absolute atomic E-state index is 12.2. The first-order valence-electron chi connectivity index (χ1n) is 7.45. The van der Waals surface area contributed by atoms with Crippen LogP contribution < -0.4 is 21.3 Å². The molecular formula is C13H22N4O4S. The van der Waals surface area contributed by atoms with Crippen molar-refractivity contribution in [1.82, 2.24) is 21.3 Å². The normalized spacial score (nSPS) is 28.0. The van der Waals surface area contributed by atoms with E-state index in [0.29, 0.717) is 19.5 Å². The van der Waals surface area contributed by atoms with E-state index in [1.54, 1.807) is 6.92 Å². The lowest BCUT2D eigenvalue weighted by Gasteiger charge is -2.26. The fourth-order valence-electron chi connectivity index (χ4n) is 2.46. The quantitative estimate of drug-likeness (QED) is 0.543. The van der Waals surface area contributed by atoms with Gasteiger partial charge in [0.2, 0.25) is 11.8 Å². The van der Waals surface area contributed by atoms with Gasteiger partial charge in [-0.3, -0.25) is 20.2 Å². The second kappa shape index (κ2) is 8.35. The number of amides is 3. The molecule has 0 aliphatic carbocycles. The molecule has 2 fully saturated rings. The van der Waals surface area contributed by atoms with E-state index in [-0.39, 0.29) is 23.9 Å². The lowest BCUT2D eigenvalue weighted by atomic mass is 10.1. The fraction of sp³-hybridized carbons (Fsp3) is 0.769. The van der Waals surface area contributed by atoms with Gasteiger partial charge in [-0.25, -0.2) is 4.79 Å². The molecule has 0 bridgehead atoms. The summed E-state index contributed by atoms with van der Waals surface area (Å²) >= 11 is 1.52. The Morgan fingerprint density at radius 2 is 2.09 bits per heavy atom. The van der Waals surface area contributed by atoms with E-state index in [1.807, 2.05) is 0 Å². The van der Waals surface area contributed by atoms with Crippen molar-refractivity contribution in [3.8, 4) is 0 Å². The lowest BCUT2D eigenvalue weighted by Crippen LogP contribution is -2.55. The summed E-state index contributed by atoms with van der Waals surface area (Å²) in [6.45, 7) is 3.27. The number of nitrogens with one attached hydrogen (secondary N) is 4. The molecule has 2 heterocycles. The second-order valence-corrected chi connectivity index (χ2v) is 6.38. The zero-order valence-electron chi connectivity index (χ0n) is 12.5. The molecule has 2 aliphatic heterocycles. The summed E-state index contributed by atoms with van der Waals surface area (Å²) in [5.41, 5.74) is 0. The van der Waals surface area contributed by atoms with Crippen LogP contribution in [-0.2, 0) is 14.3 Å². The van der Waals surface area contributed by atoms with E-state index in [9.17, 15) is 14.4 Å². The molecule has 0 spiro atoms. The van der Waals surface area contributed by atoms with Crippen molar-refractivity contribution in [3.63, 3.8) is 0 Å². The Bertz CT molecular complexity index is 428. The molecule has 0 saturated carbocycles. The topological polar surface area (TPSA) is 109 Å². The Morgan fingerprint density at radius 3 is 2.77 bits per heavy atom. The summed E-state index contributed by atoms with van der Waals surface area (Å²) in [6, 6.07) is -0.240. The largest absolute Gasteiger partial charge is 0.450 e. The number of carbonyl (C=O) groups is 3. The Kier molecular flexibility index (Phi) is 6.47. The van der Waals surface area contributed by atoms with Crippen LogP contribution in [0.5, 0.6) is 0 Å². The van der Waals surface area contributed by atoms with Crippen molar-refractivity contribution in [3.05, 3.63) is 0 Å². The molecule has 3 atom stereocenters. The van der Waals surface area contributed by atoms with Crippen LogP contribution in [0.4, 0.5) is 4.79 Å². The van der Waals surface area contributed by atoms with Gasteiger partial charge in [-0.05, 0) is 32.1 Å². The maximum Gasteiger partial charge on any atom is 0.413 e. The molecule has 8 nitrogen and oxygen atoms in total. The van der Waals surface area contributed by atoms with Crippen LogP contribution >= 0.6 is 11.8 Å². The van der Waals surface area contributed by atoms with Crippen LogP contribution in [-0.4, -0.2) is 54.9 Å². The predicted octanol–water partition coefficient (Wildman–Crippen LogP) is -0.636. The van der Waals surface area contributed by atoms with E-state index >= 15 is 0 Å². The van der Waals surface area contributed by atoms with Gasteiger partial charge in [0, 0.05) is 6.67 Å². The molecule has 3 unspecified atom stereocenters. The van der Waals surface area contributed by atoms with E-state index in [2.05, 4.69) is 21.3 Å². The molecule has 124 valence electrons. The number of ether oxygens (including phenoxy) is 1. The second-order valence-electron chi connectivity index (χ2n) is 5.13. The SMILES string of the molecule is CCOC(=O)NC(=O)C1CCSC1NC(=O)C1CCNCN1. The highest BCUT2D eigenvalue weighted by atomic mass is 32.2. The van der Waals surface area contributed by atoms with Crippen molar-refractivity contribution < 1.29 is 19.1 Å². The number of rotatable bonds is 4. The molecule has 0 aromatic carbocycles. The van der Waals surface area contributed by atoms with Gasteiger partial charge >= 0.3 is 6.09 Å². The molecule has 4 N–H and O–H groups in total. The summed E-state index contributed by atoms with van der Waals surface area (Å²) in [7, 11) is 0. The monoisotopic (exact) mass is 330 g/mol. The number of thioether (sulfide) groups is 1. The highest BCUT2D eigenvalue weighted by molar-refractivity contribution is 8.00. The minimum absolute atomic E-state index is 0.102. The third kappa shape index (κ3) is 4.59. The van der Waals surface area contributed by atoms with E-state index < -0.39 is 17.9 Å². The number of hydrogen-bond acceptors (Lipinski definition) is 7. The van der Waals surface area contributed by atoms with Gasteiger partial charge in [0.1, 0.15) is 0 Å². The minimum atomic E-state index is -0.741. The summed E-state index contributed by atoms with van der Waals surface area (Å²) in [4.78, 5) is 35.6. The van der Waals surface area contributed by atoms with Gasteiger partial charge in [0.05, 0.1) is 23.9 Å². The average molecular weight is 330 g/mol. The van der Waals surface area contributed by atoms with Crippen LogP contribution in [0.3, 0.4) is 0 Å². The Morgan fingerprint density at radius 1 is 1.27 bits per heavy atom. The van der Waals surface area contributed by atoms with Crippen LogP contribution in [0.25, 0.3) is 0 Å². The molecule has 2 aliphatic rings. The van der Waals surface area contributed by atoms with E-state index in [4.69, 9.17) is 4.74 Å². The maximum atomic E-state index is 12.2. The highest BCUT2D eigenvalue weighted by Crippen LogP contribution is 2.30. The van der Waals surface area contributed by atoms with Crippen molar-refractivity contribution in [1.29, 1.82) is 0 Å². The van der Waals surface area contributed by atoms with Gasteiger partial charge in [-0.1, -0.05) is 0 Å². The Labute approximate surface area is 133 Å². The van der Waals surface area contributed by atoms with Gasteiger partial charge in [0.15, 0.2) is 0 Å². The van der Waals surface area contributed by atoms with Gasteiger partial charge < -0.3 is 15.4 Å². The highest BCUT2D eigenvalue weighted by Gasteiger charge is 2.36. The molecule has 0 aromatic heterocycles. The van der Waals surface area contributed by atoms with Crippen LogP contribution in [0.15, 0.2) is 0 Å². The molecule has 22 heavy (non-hydrogen) atoms. The van der Waals surface area contributed by atoms with Crippen LogP contribution in [0, 0.1) is 5.92 Å². The summed E-state index contributed by atoms with van der Waals surface area (Å²) in [6.07, 6.45) is 0.596. The fourth-order valence-corrected chi connectivity index (χ4v) is 3.79. The molecule has 2 saturated heterocycles. The van der Waals surface area contributed by atoms with Crippen molar-refractivity contribution >= 4 is 29.7 Å². The van der Waals surface area contributed by atoms with Crippen LogP contribution in [0.2, 0.25) is 0 Å². The van der Waals surface area contributed by atoms with Gasteiger partial charge in [-0.2, -0.15) is 0 Å². The molecule has 3 amide bonds. The zero-order valence-corrected chi connectivity index (χ0v) is 13.3. The lowest BCUT2D eigenvalue weighted by molar-refractivity contribution is -0.126. The molecular weight excluding hydrogens is 308 g/mol. The zero-order chi connectivity index (χ0) is 15.9. The van der Waals surface area contributed by atoms with Gasteiger partial charge in [-0.15, -0.1) is 11.8 Å². The number of carbonyl (C=O) groups excluding carboxylic acids is 3. The van der Waals surface area contributed by atoms with Crippen molar-refractivity contribution in [2.24, 2.45) is 5.92 Å². The summed E-state index contributed by atoms with van der Waals surface area (Å²) in [5, 5.41) is 11.0. The molecule has 0 radical (unpaired) electrons. The molecule has 0 aromatic rings. The van der Waals surface area contributed by atoms with Gasteiger partial charge in [0.25, 0.3) is 0 Å². The minimum Gasteiger partial charge on any atom is -0.450 e. The third-order valence-electron chi connectivity index (χ3n) is 3.61. The first-order valence-corrected chi connectivity index (χ1v) is 8.50. The number of imide groups is 1. The van der Waals surface area contributed by atoms with E-state index in [1.165, 1.54) is 11.8 Å². The van der Waals surface area contributed by atoms with Crippen molar-refractivity contribution in [2.45, 2.75) is 31.2 Å². The van der Waals surface area contributed by atoms with Crippen LogP contribution in [0.1, 0.15) is 19.8 Å². The first kappa shape index (κ1) is 17.0. The third-order valence-corrected chi connectivity index (χ3v) is 4.89. The smallest absolute Gasteiger partial charge is 0.413 e. The average Bonchev–Trinajstić information content (AvgIpc) is 2.96. The molecule has 2 rings (SSSR count). The van der Waals surface area contributed by atoms with E-state index in [0.717, 1.165) is 12.3 Å². The molecule has 9 heteroatoms.